The minimum Gasteiger partial charge on any atom is -0.512 e. The van der Waals surface area contributed by atoms with E-state index in [2.05, 4.69) is 0 Å². The van der Waals surface area contributed by atoms with Crippen LogP contribution < -0.4 is 0 Å². The maximum absolute atomic E-state index is 8.89. The normalized spacial score (nSPS) is 28.1. The molecule has 2 N–H and O–H groups in total. The largest absolute Gasteiger partial charge is 0.512 e. The van der Waals surface area contributed by atoms with Crippen molar-refractivity contribution in [1.82, 2.24) is 0 Å². The van der Waals surface area contributed by atoms with Gasteiger partial charge in [-0.1, -0.05) is 0 Å². The minimum atomic E-state index is 0.0370. The van der Waals surface area contributed by atoms with Crippen molar-refractivity contribution >= 4 is 0 Å². The van der Waals surface area contributed by atoms with Gasteiger partial charge in [-0.2, -0.15) is 0 Å². The summed E-state index contributed by atoms with van der Waals surface area (Å²) in [5.74, 6) is 0.405. The Hall–Kier alpha value is -0.500. The number of allylic oxidation sites excluding steroid dienone is 1. The molecule has 2 nitrogen and oxygen atoms in total. The number of aliphatic hydroxyl groups is 2. The zero-order valence-electron chi connectivity index (χ0n) is 4.67. The lowest BCUT2D eigenvalue weighted by atomic mass is 10.1. The summed E-state index contributed by atoms with van der Waals surface area (Å²) in [6.07, 6.45) is 3.58. The van der Waals surface area contributed by atoms with E-state index in [-0.39, 0.29) is 12.5 Å². The highest BCUT2D eigenvalue weighted by Crippen LogP contribution is 2.21. The van der Waals surface area contributed by atoms with Crippen molar-refractivity contribution in [2.45, 2.75) is 12.8 Å². The average Bonchev–Trinajstić information content (AvgIpc) is 2.14. The molecule has 0 saturated heterocycles. The summed E-state index contributed by atoms with van der Waals surface area (Å²) in [6, 6.07) is 0. The molecule has 0 amide bonds. The molecule has 0 bridgehead atoms. The van der Waals surface area contributed by atoms with E-state index in [1.54, 1.807) is 6.08 Å². The highest BCUT2D eigenvalue weighted by atomic mass is 16.3. The molecule has 0 saturated carbocycles. The van der Waals surface area contributed by atoms with Gasteiger partial charge < -0.3 is 10.2 Å². The van der Waals surface area contributed by atoms with Crippen LogP contribution in [0.5, 0.6) is 0 Å². The second-order valence-electron chi connectivity index (χ2n) is 2.09. The van der Waals surface area contributed by atoms with Crippen LogP contribution in [0.4, 0.5) is 0 Å². The van der Waals surface area contributed by atoms with Crippen LogP contribution in [0.25, 0.3) is 0 Å². The molecule has 0 heterocycles. The number of aliphatic hydroxyl groups excluding tert-OH is 2. The average molecular weight is 114 g/mol. The zero-order chi connectivity index (χ0) is 5.98. The zero-order valence-corrected chi connectivity index (χ0v) is 4.67. The molecule has 1 aliphatic carbocycles. The third-order valence-corrected chi connectivity index (χ3v) is 1.51. The summed E-state index contributed by atoms with van der Waals surface area (Å²) in [6.45, 7) is 0.0856. The van der Waals surface area contributed by atoms with Crippen LogP contribution in [-0.2, 0) is 0 Å². The van der Waals surface area contributed by atoms with E-state index in [0.29, 0.717) is 5.76 Å². The predicted octanol–water partition coefficient (Wildman–Crippen LogP) is 0.831. The van der Waals surface area contributed by atoms with Crippen molar-refractivity contribution in [3.8, 4) is 0 Å². The Bertz CT molecular complexity index is 107. The van der Waals surface area contributed by atoms with Crippen LogP contribution in [0.15, 0.2) is 11.8 Å². The van der Waals surface area contributed by atoms with E-state index in [0.717, 1.165) is 12.8 Å². The van der Waals surface area contributed by atoms with Crippen molar-refractivity contribution in [3.05, 3.63) is 11.8 Å². The molecule has 0 aliphatic heterocycles. The Labute approximate surface area is 48.5 Å². The molecular formula is C6H10O2. The van der Waals surface area contributed by atoms with Crippen LogP contribution in [0.3, 0.4) is 0 Å². The summed E-state index contributed by atoms with van der Waals surface area (Å²) in [5.41, 5.74) is 0. The third kappa shape index (κ3) is 0.842. The predicted molar refractivity (Wildman–Crippen MR) is 30.5 cm³/mol. The summed E-state index contributed by atoms with van der Waals surface area (Å²) < 4.78 is 0. The molecule has 0 aromatic rings. The van der Waals surface area contributed by atoms with Crippen molar-refractivity contribution in [2.75, 3.05) is 6.61 Å². The first-order valence-corrected chi connectivity index (χ1v) is 2.84. The van der Waals surface area contributed by atoms with Crippen molar-refractivity contribution in [2.24, 2.45) is 5.92 Å². The van der Waals surface area contributed by atoms with Crippen molar-refractivity contribution in [3.63, 3.8) is 0 Å². The second-order valence-corrected chi connectivity index (χ2v) is 2.09. The summed E-state index contributed by atoms with van der Waals surface area (Å²) in [7, 11) is 0. The molecule has 0 aromatic carbocycles. The molecule has 0 aromatic heterocycles. The van der Waals surface area contributed by atoms with E-state index in [1.807, 2.05) is 0 Å². The molecule has 0 radical (unpaired) electrons. The van der Waals surface area contributed by atoms with E-state index in [1.165, 1.54) is 0 Å². The SMILES string of the molecule is OC[C@H]1CCC=C1O. The van der Waals surface area contributed by atoms with Crippen LogP contribution in [0.1, 0.15) is 12.8 Å². The van der Waals surface area contributed by atoms with Gasteiger partial charge in [-0.05, 0) is 18.9 Å². The molecule has 0 fully saturated rings. The molecular weight excluding hydrogens is 104 g/mol. The molecule has 1 atom stereocenters. The second kappa shape index (κ2) is 2.18. The number of hydrogen-bond acceptors (Lipinski definition) is 2. The van der Waals surface area contributed by atoms with E-state index in [9.17, 15) is 0 Å². The van der Waals surface area contributed by atoms with Crippen molar-refractivity contribution < 1.29 is 10.2 Å². The summed E-state index contributed by atoms with van der Waals surface area (Å²) in [5, 5.41) is 17.4. The maximum atomic E-state index is 8.89. The van der Waals surface area contributed by atoms with Crippen LogP contribution in [0.2, 0.25) is 0 Å². The van der Waals surface area contributed by atoms with Gasteiger partial charge in [-0.15, -0.1) is 0 Å². The van der Waals surface area contributed by atoms with Gasteiger partial charge in [0.2, 0.25) is 0 Å². The lowest BCUT2D eigenvalue weighted by molar-refractivity contribution is 0.208. The van der Waals surface area contributed by atoms with Gasteiger partial charge >= 0.3 is 0 Å². The van der Waals surface area contributed by atoms with Gasteiger partial charge in [0.1, 0.15) is 0 Å². The van der Waals surface area contributed by atoms with Crippen LogP contribution in [0, 0.1) is 5.92 Å². The lowest BCUT2D eigenvalue weighted by Crippen LogP contribution is -2.03. The Morgan fingerprint density at radius 1 is 1.75 bits per heavy atom. The Morgan fingerprint density at radius 2 is 2.50 bits per heavy atom. The Kier molecular flexibility index (Phi) is 1.53. The van der Waals surface area contributed by atoms with E-state index in [4.69, 9.17) is 10.2 Å². The summed E-state index contributed by atoms with van der Waals surface area (Å²) >= 11 is 0. The smallest absolute Gasteiger partial charge is 0.0936 e. The van der Waals surface area contributed by atoms with Crippen molar-refractivity contribution in [1.29, 1.82) is 0 Å². The number of hydrogen-bond donors (Lipinski definition) is 2. The molecule has 0 spiro atoms. The molecule has 0 unspecified atom stereocenters. The van der Waals surface area contributed by atoms with E-state index >= 15 is 0 Å². The minimum absolute atomic E-state index is 0.0370. The molecule has 8 heavy (non-hydrogen) atoms. The number of rotatable bonds is 1. The first-order chi connectivity index (χ1) is 3.84. The fourth-order valence-electron chi connectivity index (χ4n) is 0.932. The lowest BCUT2D eigenvalue weighted by Gasteiger charge is -2.02. The highest BCUT2D eigenvalue weighted by Gasteiger charge is 2.16. The topological polar surface area (TPSA) is 40.5 Å². The highest BCUT2D eigenvalue weighted by molar-refractivity contribution is 5.03. The standard InChI is InChI=1S/C6H10O2/c7-4-5-2-1-3-6(5)8/h3,5,7-8H,1-2,4H2/t5-/m1/s1. The van der Waals surface area contributed by atoms with Gasteiger partial charge in [0.25, 0.3) is 0 Å². The Balaban J connectivity index is 2.46. The van der Waals surface area contributed by atoms with E-state index < -0.39 is 0 Å². The van der Waals surface area contributed by atoms with Crippen LogP contribution >= 0.6 is 0 Å². The first kappa shape index (κ1) is 5.63. The first-order valence-electron chi connectivity index (χ1n) is 2.84. The molecule has 1 rings (SSSR count). The third-order valence-electron chi connectivity index (χ3n) is 1.51. The van der Waals surface area contributed by atoms with Crippen LogP contribution in [-0.4, -0.2) is 16.8 Å². The summed E-state index contributed by atoms with van der Waals surface area (Å²) in [4.78, 5) is 0. The Morgan fingerprint density at radius 3 is 2.75 bits per heavy atom. The molecule has 46 valence electrons. The molecule has 2 heteroatoms. The van der Waals surface area contributed by atoms with Gasteiger partial charge in [-0.3, -0.25) is 0 Å². The quantitative estimate of drug-likeness (QED) is 0.530. The van der Waals surface area contributed by atoms with Gasteiger partial charge in [0.15, 0.2) is 0 Å². The molecule has 1 aliphatic rings. The monoisotopic (exact) mass is 114 g/mol. The fourth-order valence-corrected chi connectivity index (χ4v) is 0.932. The maximum Gasteiger partial charge on any atom is 0.0936 e. The van der Waals surface area contributed by atoms with Gasteiger partial charge in [-0.25, -0.2) is 0 Å². The fraction of sp³-hybridized carbons (Fsp3) is 0.667. The van der Waals surface area contributed by atoms with Gasteiger partial charge in [0.05, 0.1) is 12.4 Å². The van der Waals surface area contributed by atoms with Gasteiger partial charge in [0, 0.05) is 5.92 Å².